The van der Waals surface area contributed by atoms with Gasteiger partial charge in [-0.05, 0) is 50.3 Å². The Labute approximate surface area is 189 Å². The van der Waals surface area contributed by atoms with Crippen LogP contribution in [-0.4, -0.2) is 31.7 Å². The molecule has 1 aliphatic carbocycles. The molecule has 32 heavy (non-hydrogen) atoms. The van der Waals surface area contributed by atoms with E-state index in [1.54, 1.807) is 10.9 Å². The number of amides is 1. The van der Waals surface area contributed by atoms with Gasteiger partial charge in [0.05, 0.1) is 29.3 Å². The Hall–Kier alpha value is -3.41. The third-order valence-electron chi connectivity index (χ3n) is 6.05. The highest BCUT2D eigenvalue weighted by Crippen LogP contribution is 2.32. The predicted octanol–water partition coefficient (Wildman–Crippen LogP) is 5.29. The van der Waals surface area contributed by atoms with Gasteiger partial charge in [-0.1, -0.05) is 42.9 Å². The number of aromatic amines is 1. The number of benzene rings is 1. The molecule has 1 aliphatic rings. The summed E-state index contributed by atoms with van der Waals surface area (Å²) in [4.78, 5) is 21.1. The zero-order valence-corrected chi connectivity index (χ0v) is 18.6. The molecule has 2 heterocycles. The molecule has 2 aromatic heterocycles. The van der Waals surface area contributed by atoms with Gasteiger partial charge in [0.15, 0.2) is 0 Å². The number of allylic oxidation sites excluding steroid dienone is 5. The van der Waals surface area contributed by atoms with Crippen molar-refractivity contribution in [2.75, 3.05) is 0 Å². The van der Waals surface area contributed by atoms with Gasteiger partial charge in [0.2, 0.25) is 0 Å². The van der Waals surface area contributed by atoms with E-state index < -0.39 is 0 Å². The number of para-hydroxylation sites is 2. The summed E-state index contributed by atoms with van der Waals surface area (Å²) in [5.74, 6) is 1.31. The van der Waals surface area contributed by atoms with Gasteiger partial charge in [0.1, 0.15) is 5.82 Å². The van der Waals surface area contributed by atoms with E-state index in [2.05, 4.69) is 46.3 Å². The van der Waals surface area contributed by atoms with Gasteiger partial charge in [-0.25, -0.2) is 4.98 Å². The molecular formula is C26H31N5O. The van der Waals surface area contributed by atoms with Crippen LogP contribution in [0.1, 0.15) is 61.1 Å². The lowest BCUT2D eigenvalue weighted by molar-refractivity contribution is 0.0924. The number of imidazole rings is 1. The van der Waals surface area contributed by atoms with E-state index in [1.807, 2.05) is 37.4 Å². The minimum Gasteiger partial charge on any atom is -0.349 e. The van der Waals surface area contributed by atoms with E-state index in [0.717, 1.165) is 54.5 Å². The van der Waals surface area contributed by atoms with Gasteiger partial charge in [-0.3, -0.25) is 9.48 Å². The fraction of sp³-hybridized carbons (Fsp3) is 0.346. The Morgan fingerprint density at radius 3 is 3.03 bits per heavy atom. The molecule has 166 valence electrons. The highest BCUT2D eigenvalue weighted by atomic mass is 16.1. The highest BCUT2D eigenvalue weighted by molar-refractivity contribution is 5.93. The lowest BCUT2D eigenvalue weighted by Gasteiger charge is -2.28. The largest absolute Gasteiger partial charge is 0.349 e. The first-order chi connectivity index (χ1) is 15.7. The molecule has 2 atom stereocenters. The van der Waals surface area contributed by atoms with E-state index in [4.69, 9.17) is 4.98 Å². The Morgan fingerprint density at radius 1 is 1.34 bits per heavy atom. The summed E-state index contributed by atoms with van der Waals surface area (Å²) < 4.78 is 1.81. The minimum absolute atomic E-state index is 0.0595. The van der Waals surface area contributed by atoms with E-state index >= 15 is 0 Å². The summed E-state index contributed by atoms with van der Waals surface area (Å²) in [6.45, 7) is 6.37. The first-order valence-corrected chi connectivity index (χ1v) is 11.4. The van der Waals surface area contributed by atoms with E-state index in [1.165, 1.54) is 0 Å². The molecule has 2 unspecified atom stereocenters. The molecule has 0 saturated heterocycles. The minimum atomic E-state index is -0.0595. The lowest BCUT2D eigenvalue weighted by atomic mass is 9.85. The van der Waals surface area contributed by atoms with Crippen molar-refractivity contribution < 1.29 is 4.79 Å². The van der Waals surface area contributed by atoms with Crippen LogP contribution >= 0.6 is 0 Å². The van der Waals surface area contributed by atoms with Crippen molar-refractivity contribution >= 4 is 16.9 Å². The summed E-state index contributed by atoms with van der Waals surface area (Å²) >= 11 is 0. The van der Waals surface area contributed by atoms with Gasteiger partial charge < -0.3 is 10.3 Å². The normalized spacial score (nSPS) is 19.5. The highest BCUT2D eigenvalue weighted by Gasteiger charge is 2.27. The number of nitrogens with zero attached hydrogens (tertiary/aromatic N) is 3. The average molecular weight is 430 g/mol. The van der Waals surface area contributed by atoms with Crippen molar-refractivity contribution in [1.29, 1.82) is 0 Å². The van der Waals surface area contributed by atoms with Gasteiger partial charge in [-0.2, -0.15) is 5.10 Å². The summed E-state index contributed by atoms with van der Waals surface area (Å²) in [5.41, 5.74) is 3.81. The maximum atomic E-state index is 12.8. The number of aromatic nitrogens is 4. The van der Waals surface area contributed by atoms with Crippen molar-refractivity contribution in [3.8, 4) is 0 Å². The van der Waals surface area contributed by atoms with E-state index in [-0.39, 0.29) is 11.9 Å². The van der Waals surface area contributed by atoms with Gasteiger partial charge in [-0.15, -0.1) is 6.58 Å². The van der Waals surface area contributed by atoms with Crippen LogP contribution < -0.4 is 5.32 Å². The number of rotatable bonds is 8. The lowest BCUT2D eigenvalue weighted by Crippen LogP contribution is -2.38. The number of hydrogen-bond donors (Lipinski definition) is 2. The van der Waals surface area contributed by atoms with Crippen LogP contribution in [0.4, 0.5) is 0 Å². The Kier molecular flexibility index (Phi) is 7.00. The first-order valence-electron chi connectivity index (χ1n) is 11.4. The molecule has 0 bridgehead atoms. The second-order valence-electron chi connectivity index (χ2n) is 8.39. The third kappa shape index (κ3) is 5.25. The number of H-pyrrole nitrogens is 1. The number of carbonyl (C=O) groups excluding carboxylic acids is 1. The molecular weight excluding hydrogens is 398 g/mol. The SMILES string of the molecule is C=CC/C=C\C(=C/C)Cn1cc(C(=O)NC2CCCC(c3nc4ccccc4[nH]3)C2)cn1. The Bertz CT molecular complexity index is 1100. The maximum Gasteiger partial charge on any atom is 0.254 e. The molecule has 6 nitrogen and oxygen atoms in total. The quantitative estimate of drug-likeness (QED) is 0.377. The summed E-state index contributed by atoms with van der Waals surface area (Å²) in [5, 5.41) is 7.60. The molecule has 1 aromatic carbocycles. The summed E-state index contributed by atoms with van der Waals surface area (Å²) in [6.07, 6.45) is 16.4. The Morgan fingerprint density at radius 2 is 2.22 bits per heavy atom. The van der Waals surface area contributed by atoms with Crippen molar-refractivity contribution in [1.82, 2.24) is 25.1 Å². The molecule has 1 fully saturated rings. The molecule has 4 rings (SSSR count). The van der Waals surface area contributed by atoms with Crippen molar-refractivity contribution in [2.45, 2.75) is 57.5 Å². The number of fused-ring (bicyclic) bond motifs is 1. The van der Waals surface area contributed by atoms with Gasteiger partial charge in [0.25, 0.3) is 5.91 Å². The monoisotopic (exact) mass is 429 g/mol. The average Bonchev–Trinajstić information content (AvgIpc) is 3.46. The molecule has 3 aromatic rings. The molecule has 6 heteroatoms. The fourth-order valence-corrected chi connectivity index (χ4v) is 4.31. The molecule has 0 spiro atoms. The molecule has 0 radical (unpaired) electrons. The van der Waals surface area contributed by atoms with Crippen LogP contribution in [0.15, 0.2) is 73.1 Å². The number of nitrogens with one attached hydrogen (secondary N) is 2. The van der Waals surface area contributed by atoms with Crippen molar-refractivity contribution in [3.63, 3.8) is 0 Å². The fourth-order valence-electron chi connectivity index (χ4n) is 4.31. The molecule has 0 aliphatic heterocycles. The second kappa shape index (κ2) is 10.3. The van der Waals surface area contributed by atoms with Crippen LogP contribution in [0, 0.1) is 0 Å². The van der Waals surface area contributed by atoms with Crippen LogP contribution in [0.2, 0.25) is 0 Å². The summed E-state index contributed by atoms with van der Waals surface area (Å²) in [6, 6.07) is 8.26. The summed E-state index contributed by atoms with van der Waals surface area (Å²) in [7, 11) is 0. The standard InChI is InChI=1S/C26H31N5O/c1-3-5-6-10-19(4-2)17-31-18-21(16-27-31)26(32)28-22-12-9-11-20(15-22)25-29-23-13-7-8-14-24(23)30-25/h3-4,6-8,10,13-14,16,18,20,22H,1,5,9,11-12,15,17H2,2H3,(H,28,32)(H,29,30)/b10-6-,19-4+. The van der Waals surface area contributed by atoms with E-state index in [9.17, 15) is 4.79 Å². The zero-order chi connectivity index (χ0) is 22.3. The Balaban J connectivity index is 1.36. The number of carbonyl (C=O) groups is 1. The molecule has 1 saturated carbocycles. The first kappa shape index (κ1) is 21.8. The van der Waals surface area contributed by atoms with Crippen LogP contribution in [0.5, 0.6) is 0 Å². The number of hydrogen-bond acceptors (Lipinski definition) is 3. The zero-order valence-electron chi connectivity index (χ0n) is 18.6. The van der Waals surface area contributed by atoms with Gasteiger partial charge >= 0.3 is 0 Å². The third-order valence-corrected chi connectivity index (χ3v) is 6.05. The van der Waals surface area contributed by atoms with Crippen molar-refractivity contribution in [2.24, 2.45) is 0 Å². The topological polar surface area (TPSA) is 75.6 Å². The van der Waals surface area contributed by atoms with Crippen molar-refractivity contribution in [3.05, 3.63) is 84.5 Å². The van der Waals surface area contributed by atoms with Crippen LogP contribution in [0.3, 0.4) is 0 Å². The van der Waals surface area contributed by atoms with Crippen LogP contribution in [-0.2, 0) is 6.54 Å². The van der Waals surface area contributed by atoms with E-state index in [0.29, 0.717) is 18.0 Å². The smallest absolute Gasteiger partial charge is 0.254 e. The second-order valence-corrected chi connectivity index (χ2v) is 8.39. The van der Waals surface area contributed by atoms with Crippen LogP contribution in [0.25, 0.3) is 11.0 Å². The molecule has 1 amide bonds. The predicted molar refractivity (Wildman–Crippen MR) is 128 cm³/mol. The molecule has 2 N–H and O–H groups in total. The maximum absolute atomic E-state index is 12.8. The van der Waals surface area contributed by atoms with Gasteiger partial charge in [0, 0.05) is 18.2 Å².